The van der Waals surface area contributed by atoms with E-state index in [2.05, 4.69) is 5.32 Å². The summed E-state index contributed by atoms with van der Waals surface area (Å²) < 4.78 is 52.3. The number of amides is 1. The summed E-state index contributed by atoms with van der Waals surface area (Å²) in [5.41, 5.74) is -3.69. The van der Waals surface area contributed by atoms with Crippen molar-refractivity contribution in [3.8, 4) is 0 Å². The summed E-state index contributed by atoms with van der Waals surface area (Å²) >= 11 is 1.48. The number of methoxy groups -OCH3 is 1. The number of alkyl carbamates (subject to hydrolysis) is 1. The molecule has 21 nitrogen and oxygen atoms in total. The van der Waals surface area contributed by atoms with Crippen LogP contribution in [0.1, 0.15) is 111 Å². The molecule has 1 unspecified atom stereocenters. The van der Waals surface area contributed by atoms with Crippen molar-refractivity contribution in [3.05, 3.63) is 39.7 Å². The molecular formula is C55H88N4O17S. The Balaban J connectivity index is 1.15. The summed E-state index contributed by atoms with van der Waals surface area (Å²) in [6.45, 7) is 19.1. The van der Waals surface area contributed by atoms with E-state index in [9.17, 15) is 44.7 Å². The quantitative estimate of drug-likeness (QED) is 0.0788. The summed E-state index contributed by atoms with van der Waals surface area (Å²) in [6.07, 6.45) is -7.88. The predicted molar refractivity (Wildman–Crippen MR) is 287 cm³/mol. The van der Waals surface area contributed by atoms with Crippen LogP contribution in [0.4, 0.5) is 4.79 Å². The Bertz CT molecular complexity index is 2410. The van der Waals surface area contributed by atoms with Crippen LogP contribution in [0.3, 0.4) is 0 Å². The minimum atomic E-state index is -1.87. The molecule has 1 aromatic heterocycles. The minimum Gasteiger partial charge on any atom is -0.477 e. The van der Waals surface area contributed by atoms with Crippen LogP contribution < -0.4 is 10.7 Å². The molecule has 1 amide bonds. The van der Waals surface area contributed by atoms with Gasteiger partial charge < -0.3 is 83.1 Å². The molecular weight excluding hydrogens is 1020 g/mol. The molecule has 77 heavy (non-hydrogen) atoms. The zero-order chi connectivity index (χ0) is 57.1. The van der Waals surface area contributed by atoms with E-state index in [1.165, 1.54) is 32.0 Å². The van der Waals surface area contributed by atoms with Crippen LogP contribution in [0, 0.1) is 17.8 Å². The summed E-state index contributed by atoms with van der Waals surface area (Å²) in [4.78, 5) is 57.3. The highest BCUT2D eigenvalue weighted by molar-refractivity contribution is 7.99. The highest BCUT2D eigenvalue weighted by Gasteiger charge is 2.54. The van der Waals surface area contributed by atoms with Gasteiger partial charge in [-0.15, -0.1) is 11.8 Å². The standard InChI is InChI=1S/C55H88N4O17S/c1-15-40-55(10,68)46(62)33(6)58(13)27-29(2)25-53(8,67)47(75-51-44(61)39(57(11)12)22-30(3)71-51)31(4)45(32(5)50(65)73-40)74-41-26-54(9,69-14)48(34(7)72-41)76-52(66)56-17-19-70-20-21-77-36-23-35-16-18-59-28-38(49(63)64)43(60)37(24-36)42(35)59/h23-24,28-34,39-41,44-48,51,61-62,67-68H,15-22,25-27H2,1-14H3,(H,56,66)(H,63,64)/t29-,30-,31+,32-,33-,34+,39+,40-,41+,44-,45+,46-,47-,48+,51?,53-,54-,55-/m1/s1. The first-order valence-electron chi connectivity index (χ1n) is 27.2. The minimum absolute atomic E-state index is 0.0151. The number of carboxylic acid groups (broad SMARTS) is 1. The molecule has 22 heteroatoms. The largest absolute Gasteiger partial charge is 0.477 e. The Morgan fingerprint density at radius 2 is 1.68 bits per heavy atom. The van der Waals surface area contributed by atoms with Gasteiger partial charge in [-0.05, 0) is 119 Å². The molecule has 2 aromatic rings. The number of carbonyl (C=O) groups excluding carboxylic acids is 2. The smallest absolute Gasteiger partial charge is 0.407 e. The van der Waals surface area contributed by atoms with Gasteiger partial charge in [-0.25, -0.2) is 9.59 Å². The lowest BCUT2D eigenvalue weighted by molar-refractivity contribution is -0.317. The van der Waals surface area contributed by atoms with Crippen molar-refractivity contribution in [2.24, 2.45) is 17.8 Å². The van der Waals surface area contributed by atoms with Crippen LogP contribution >= 0.6 is 11.8 Å². The number of carboxylic acids is 1. The molecule has 6 rings (SSSR count). The van der Waals surface area contributed by atoms with E-state index in [4.69, 9.17) is 37.9 Å². The third kappa shape index (κ3) is 14.3. The van der Waals surface area contributed by atoms with Crippen molar-refractivity contribution in [2.75, 3.05) is 60.3 Å². The number of likely N-dealkylation sites (N-methyl/N-ethyl adjacent to an activating group) is 2. The summed E-state index contributed by atoms with van der Waals surface area (Å²) in [5.74, 6) is -3.62. The third-order valence-corrected chi connectivity index (χ3v) is 17.4. The average molecular weight is 1110 g/mol. The second-order valence-electron chi connectivity index (χ2n) is 23.0. The van der Waals surface area contributed by atoms with Crippen molar-refractivity contribution in [3.63, 3.8) is 0 Å². The van der Waals surface area contributed by atoms with Gasteiger partial charge in [0.05, 0.1) is 54.7 Å². The van der Waals surface area contributed by atoms with Crippen LogP contribution in [-0.2, 0) is 55.7 Å². The number of hydrogen-bond acceptors (Lipinski definition) is 19. The number of rotatable bonds is 16. The van der Waals surface area contributed by atoms with Crippen LogP contribution in [0.5, 0.6) is 0 Å². The fraction of sp³-hybridized carbons (Fsp3) is 0.782. The number of cyclic esters (lactones) is 1. The number of aryl methyl sites for hydroxylation is 2. The molecule has 0 radical (unpaired) electrons. The van der Waals surface area contributed by atoms with E-state index in [-0.39, 0.29) is 56.0 Å². The first kappa shape index (κ1) is 62.7. The molecule has 5 heterocycles. The summed E-state index contributed by atoms with van der Waals surface area (Å²) in [5, 5.41) is 60.8. The molecule has 0 spiro atoms. The Labute approximate surface area is 457 Å². The fourth-order valence-corrected chi connectivity index (χ4v) is 13.0. The number of aromatic nitrogens is 1. The maximum Gasteiger partial charge on any atom is 0.407 e. The topological polar surface area (TPSA) is 267 Å². The number of ether oxygens (including phenoxy) is 8. The zero-order valence-corrected chi connectivity index (χ0v) is 48.4. The molecule has 4 aliphatic heterocycles. The van der Waals surface area contributed by atoms with E-state index in [0.29, 0.717) is 43.7 Å². The molecule has 0 saturated carbocycles. The average Bonchev–Trinajstić information content (AvgIpc) is 3.77. The number of benzene rings is 1. The second-order valence-corrected chi connectivity index (χ2v) is 24.2. The number of aromatic carboxylic acids is 1. The summed E-state index contributed by atoms with van der Waals surface area (Å²) in [7, 11) is 7.05. The van der Waals surface area contributed by atoms with Gasteiger partial charge in [-0.3, -0.25) is 9.59 Å². The van der Waals surface area contributed by atoms with Crippen LogP contribution in [-0.4, -0.2) is 209 Å². The number of esters is 1. The number of carbonyl (C=O) groups is 3. The lowest BCUT2D eigenvalue weighted by Crippen LogP contribution is -2.61. The monoisotopic (exact) mass is 1110 g/mol. The highest BCUT2D eigenvalue weighted by atomic mass is 32.2. The molecule has 436 valence electrons. The number of hydrogen-bond donors (Lipinski definition) is 6. The third-order valence-electron chi connectivity index (χ3n) is 16.5. The first-order chi connectivity index (χ1) is 36.0. The van der Waals surface area contributed by atoms with Gasteiger partial charge in [0.25, 0.3) is 0 Å². The van der Waals surface area contributed by atoms with E-state index in [0.717, 1.165) is 16.0 Å². The zero-order valence-electron chi connectivity index (χ0n) is 47.6. The SMILES string of the molecule is CC[C@H]1OC(=O)[C@H](C)[C@@H](O[C@H]2C[C@@](C)(OC)[C@@H](OC(=O)NCCOCCSc3cc4c5c(c3)c(=O)c(C(=O)O)cn5CC4)[C@H](C)O2)[C@H](C)[C@@H](OC2O[C@H](C)C[C@H](N(C)C)[C@H]2O)[C@](C)(O)C[C@@H](C)CN(C)[C@H](C)[C@@H](O)[C@]1(C)O. The van der Waals surface area contributed by atoms with Gasteiger partial charge in [-0.1, -0.05) is 20.8 Å². The van der Waals surface area contributed by atoms with Gasteiger partial charge >= 0.3 is 18.0 Å². The Hall–Kier alpha value is -3.49. The molecule has 3 saturated heterocycles. The lowest BCUT2D eigenvalue weighted by Gasteiger charge is -2.49. The van der Waals surface area contributed by atoms with Crippen LogP contribution in [0.2, 0.25) is 0 Å². The number of aliphatic hydroxyl groups is 4. The lowest BCUT2D eigenvalue weighted by atomic mass is 9.77. The summed E-state index contributed by atoms with van der Waals surface area (Å²) in [6, 6.07) is 2.84. The van der Waals surface area contributed by atoms with Gasteiger partial charge in [0.15, 0.2) is 18.7 Å². The Kier molecular flexibility index (Phi) is 21.1. The van der Waals surface area contributed by atoms with Gasteiger partial charge in [0.1, 0.15) is 35.1 Å². The van der Waals surface area contributed by atoms with Gasteiger partial charge in [-0.2, -0.15) is 0 Å². The van der Waals surface area contributed by atoms with E-state index >= 15 is 0 Å². The Morgan fingerprint density at radius 3 is 2.32 bits per heavy atom. The normalized spacial score (nSPS) is 37.8. The maximum atomic E-state index is 14.6. The molecule has 4 aliphatic rings. The van der Waals surface area contributed by atoms with Crippen LogP contribution in [0.15, 0.2) is 28.0 Å². The molecule has 18 atom stereocenters. The number of thioether (sulfide) groups is 1. The second kappa shape index (κ2) is 26.0. The predicted octanol–water partition coefficient (Wildman–Crippen LogP) is 4.01. The number of nitrogens with zero attached hydrogens (tertiary/aromatic N) is 3. The first-order valence-corrected chi connectivity index (χ1v) is 28.2. The van der Waals surface area contributed by atoms with Crippen molar-refractivity contribution in [2.45, 2.75) is 203 Å². The Morgan fingerprint density at radius 1 is 0.974 bits per heavy atom. The van der Waals surface area contributed by atoms with Gasteiger partial charge in [0.2, 0.25) is 5.43 Å². The number of aliphatic hydroxyl groups excluding tert-OH is 2. The van der Waals surface area contributed by atoms with Crippen molar-refractivity contribution >= 4 is 40.7 Å². The number of nitrogens with one attached hydrogen (secondary N) is 1. The fourth-order valence-electron chi connectivity index (χ4n) is 12.1. The maximum absolute atomic E-state index is 14.6. The van der Waals surface area contributed by atoms with E-state index in [1.807, 2.05) is 55.4 Å². The molecule has 3 fully saturated rings. The van der Waals surface area contributed by atoms with Crippen molar-refractivity contribution in [1.29, 1.82) is 0 Å². The van der Waals surface area contributed by atoms with Crippen LogP contribution in [0.25, 0.3) is 10.9 Å². The van der Waals surface area contributed by atoms with Crippen molar-refractivity contribution in [1.82, 2.24) is 19.7 Å². The highest BCUT2D eigenvalue weighted by Crippen LogP contribution is 2.41. The van der Waals surface area contributed by atoms with Crippen molar-refractivity contribution < 1.29 is 77.8 Å². The molecule has 0 aliphatic carbocycles. The molecule has 1 aromatic carbocycles. The number of pyridine rings is 1. The molecule has 6 N–H and O–H groups in total. The van der Waals surface area contributed by atoms with E-state index < -0.39 is 113 Å². The molecule has 0 bridgehead atoms. The van der Waals surface area contributed by atoms with Gasteiger partial charge in [0, 0.05) is 73.4 Å². The van der Waals surface area contributed by atoms with E-state index in [1.54, 1.807) is 54.5 Å².